The van der Waals surface area contributed by atoms with Crippen LogP contribution in [0.1, 0.15) is 46.5 Å². The molecule has 3 nitrogen and oxygen atoms in total. The van der Waals surface area contributed by atoms with E-state index in [1.807, 2.05) is 0 Å². The molecule has 1 aliphatic heterocycles. The summed E-state index contributed by atoms with van der Waals surface area (Å²) in [5, 5.41) is 6.60. The van der Waals surface area contributed by atoms with Gasteiger partial charge in [-0.3, -0.25) is 4.79 Å². The smallest absolute Gasteiger partial charge is 0.227 e. The summed E-state index contributed by atoms with van der Waals surface area (Å²) in [5.74, 6) is 0.860. The van der Waals surface area contributed by atoms with Gasteiger partial charge in [-0.15, -0.1) is 12.4 Å². The van der Waals surface area contributed by atoms with Gasteiger partial charge in [0.2, 0.25) is 5.91 Å². The van der Waals surface area contributed by atoms with Gasteiger partial charge < -0.3 is 10.6 Å². The Morgan fingerprint density at radius 3 is 2.78 bits per heavy atom. The molecule has 106 valence electrons. The minimum Gasteiger partial charge on any atom is -0.355 e. The van der Waals surface area contributed by atoms with Crippen molar-refractivity contribution in [3.05, 3.63) is 0 Å². The molecule has 4 heteroatoms. The molecule has 2 N–H and O–H groups in total. The fraction of sp³-hybridized carbons (Fsp3) is 0.929. The lowest BCUT2D eigenvalue weighted by Crippen LogP contribution is -2.49. The molecule has 18 heavy (non-hydrogen) atoms. The van der Waals surface area contributed by atoms with Crippen LogP contribution in [-0.2, 0) is 4.79 Å². The van der Waals surface area contributed by atoms with Crippen molar-refractivity contribution < 1.29 is 4.79 Å². The van der Waals surface area contributed by atoms with E-state index in [2.05, 4.69) is 31.4 Å². The van der Waals surface area contributed by atoms with Crippen molar-refractivity contribution in [2.45, 2.75) is 46.5 Å². The summed E-state index contributed by atoms with van der Waals surface area (Å²) in [6, 6.07) is 0. The van der Waals surface area contributed by atoms with Crippen LogP contribution in [0.3, 0.4) is 0 Å². The molecule has 0 aromatic rings. The third-order valence-corrected chi connectivity index (χ3v) is 4.27. The van der Waals surface area contributed by atoms with Gasteiger partial charge in [-0.1, -0.05) is 33.6 Å². The second-order valence-corrected chi connectivity index (χ2v) is 6.97. The van der Waals surface area contributed by atoms with Crippen LogP contribution < -0.4 is 10.6 Å². The molecule has 2 atom stereocenters. The van der Waals surface area contributed by atoms with Crippen molar-refractivity contribution in [1.29, 1.82) is 0 Å². The number of carbonyl (C=O) groups excluding carboxylic acids is 1. The summed E-state index contributed by atoms with van der Waals surface area (Å²) in [6.45, 7) is 9.18. The molecule has 1 amide bonds. The predicted molar refractivity (Wildman–Crippen MR) is 77.0 cm³/mol. The third-order valence-electron chi connectivity index (χ3n) is 4.27. The highest BCUT2D eigenvalue weighted by molar-refractivity contribution is 5.85. The van der Waals surface area contributed by atoms with Gasteiger partial charge in [0, 0.05) is 13.1 Å². The summed E-state index contributed by atoms with van der Waals surface area (Å²) >= 11 is 0. The summed E-state index contributed by atoms with van der Waals surface area (Å²) in [5.41, 5.74) is 0.0754. The minimum absolute atomic E-state index is 0. The number of amides is 1. The Labute approximate surface area is 117 Å². The highest BCUT2D eigenvalue weighted by Gasteiger charge is 2.49. The zero-order valence-corrected chi connectivity index (χ0v) is 12.7. The number of hydrogen-bond donors (Lipinski definition) is 2. The van der Waals surface area contributed by atoms with Gasteiger partial charge in [-0.25, -0.2) is 0 Å². The molecular formula is C14H27ClN2O. The quantitative estimate of drug-likeness (QED) is 0.812. The van der Waals surface area contributed by atoms with E-state index in [1.165, 1.54) is 19.3 Å². The van der Waals surface area contributed by atoms with Crippen molar-refractivity contribution in [2.75, 3.05) is 19.6 Å². The van der Waals surface area contributed by atoms with Gasteiger partial charge >= 0.3 is 0 Å². The Balaban J connectivity index is 0.00000162. The van der Waals surface area contributed by atoms with E-state index in [4.69, 9.17) is 0 Å². The van der Waals surface area contributed by atoms with E-state index >= 15 is 0 Å². The Kier molecular flexibility index (Phi) is 5.07. The van der Waals surface area contributed by atoms with Crippen LogP contribution >= 0.6 is 12.4 Å². The topological polar surface area (TPSA) is 41.1 Å². The lowest BCUT2D eigenvalue weighted by molar-refractivity contribution is -0.134. The lowest BCUT2D eigenvalue weighted by atomic mass is 9.67. The first kappa shape index (κ1) is 15.8. The van der Waals surface area contributed by atoms with E-state index in [0.29, 0.717) is 11.8 Å². The van der Waals surface area contributed by atoms with Crippen LogP contribution in [0.2, 0.25) is 0 Å². The fourth-order valence-electron chi connectivity index (χ4n) is 3.21. The summed E-state index contributed by atoms with van der Waals surface area (Å²) in [7, 11) is 0. The molecule has 1 heterocycles. The van der Waals surface area contributed by atoms with Gasteiger partial charge in [0.1, 0.15) is 0 Å². The standard InChI is InChI=1S/C14H26N2O.ClH/c1-13(2,3)9-16-12(17)14-7-5-4-6-11(14)8-15-10-14;/h11,15H,4-10H2,1-3H3,(H,16,17);1H/t11-,14+;/m0./s1. The Morgan fingerprint density at radius 2 is 2.11 bits per heavy atom. The average Bonchev–Trinajstić information content (AvgIpc) is 2.69. The third kappa shape index (κ3) is 3.18. The summed E-state index contributed by atoms with van der Waals surface area (Å²) in [6.07, 6.45) is 4.79. The maximum absolute atomic E-state index is 12.5. The maximum atomic E-state index is 12.5. The molecule has 0 spiro atoms. The van der Waals surface area contributed by atoms with Crippen LogP contribution in [0.4, 0.5) is 0 Å². The molecule has 0 unspecified atom stereocenters. The van der Waals surface area contributed by atoms with Gasteiger partial charge in [-0.2, -0.15) is 0 Å². The lowest BCUT2D eigenvalue weighted by Gasteiger charge is -2.37. The molecule has 2 rings (SSSR count). The van der Waals surface area contributed by atoms with Crippen molar-refractivity contribution in [3.63, 3.8) is 0 Å². The average molecular weight is 275 g/mol. The Bertz CT molecular complexity index is 301. The molecule has 0 bridgehead atoms. The summed E-state index contributed by atoms with van der Waals surface area (Å²) < 4.78 is 0. The molecular weight excluding hydrogens is 248 g/mol. The fourth-order valence-corrected chi connectivity index (χ4v) is 3.21. The first-order valence-electron chi connectivity index (χ1n) is 6.93. The number of fused-ring (bicyclic) bond motifs is 1. The molecule has 1 aliphatic carbocycles. The van der Waals surface area contributed by atoms with Gasteiger partial charge in [0.15, 0.2) is 0 Å². The van der Waals surface area contributed by atoms with Crippen LogP contribution in [0.5, 0.6) is 0 Å². The second kappa shape index (κ2) is 5.79. The van der Waals surface area contributed by atoms with E-state index in [9.17, 15) is 4.79 Å². The van der Waals surface area contributed by atoms with Crippen molar-refractivity contribution in [3.8, 4) is 0 Å². The van der Waals surface area contributed by atoms with Gasteiger partial charge in [0.05, 0.1) is 5.41 Å². The molecule has 2 aliphatic rings. The van der Waals surface area contributed by atoms with Gasteiger partial charge in [-0.05, 0) is 30.7 Å². The molecule has 0 aromatic carbocycles. The Hall–Kier alpha value is -0.280. The minimum atomic E-state index is -0.0937. The van der Waals surface area contributed by atoms with Crippen molar-refractivity contribution in [2.24, 2.45) is 16.7 Å². The van der Waals surface area contributed by atoms with Crippen molar-refractivity contribution in [1.82, 2.24) is 10.6 Å². The van der Waals surface area contributed by atoms with Crippen LogP contribution in [0.25, 0.3) is 0 Å². The molecule has 1 saturated heterocycles. The predicted octanol–water partition coefficient (Wildman–Crippen LogP) is 2.35. The number of nitrogens with one attached hydrogen (secondary N) is 2. The van der Waals surface area contributed by atoms with Crippen LogP contribution in [-0.4, -0.2) is 25.5 Å². The normalized spacial score (nSPS) is 31.4. The molecule has 0 radical (unpaired) electrons. The van der Waals surface area contributed by atoms with E-state index in [-0.39, 0.29) is 23.2 Å². The van der Waals surface area contributed by atoms with Crippen molar-refractivity contribution >= 4 is 18.3 Å². The van der Waals surface area contributed by atoms with Gasteiger partial charge in [0.25, 0.3) is 0 Å². The maximum Gasteiger partial charge on any atom is 0.227 e. The first-order chi connectivity index (χ1) is 7.94. The molecule has 1 saturated carbocycles. The zero-order chi connectivity index (χ0) is 12.5. The van der Waals surface area contributed by atoms with Crippen LogP contribution in [0.15, 0.2) is 0 Å². The number of carbonyl (C=O) groups is 1. The van der Waals surface area contributed by atoms with Crippen LogP contribution in [0, 0.1) is 16.7 Å². The number of rotatable bonds is 2. The second-order valence-electron chi connectivity index (χ2n) is 6.97. The Morgan fingerprint density at radius 1 is 1.39 bits per heavy atom. The molecule has 2 fully saturated rings. The SMILES string of the molecule is CC(C)(C)CNC(=O)[C@@]12CCCC[C@H]1CNC2.Cl. The molecule has 0 aromatic heterocycles. The van der Waals surface area contributed by atoms with E-state index < -0.39 is 0 Å². The highest BCUT2D eigenvalue weighted by Crippen LogP contribution is 2.43. The van der Waals surface area contributed by atoms with E-state index in [1.54, 1.807) is 0 Å². The van der Waals surface area contributed by atoms with E-state index in [0.717, 1.165) is 26.1 Å². The summed E-state index contributed by atoms with van der Waals surface area (Å²) in [4.78, 5) is 12.5. The number of halogens is 1. The first-order valence-corrected chi connectivity index (χ1v) is 6.93. The highest BCUT2D eigenvalue weighted by atomic mass is 35.5. The monoisotopic (exact) mass is 274 g/mol. The number of hydrogen-bond acceptors (Lipinski definition) is 2. The largest absolute Gasteiger partial charge is 0.355 e. The zero-order valence-electron chi connectivity index (χ0n) is 11.8.